The number of anilines is 1. The molecule has 0 aliphatic carbocycles. The molecule has 2 amide bonds. The van der Waals surface area contributed by atoms with E-state index in [0.717, 1.165) is 11.1 Å². The molecule has 0 aliphatic rings. The minimum atomic E-state index is -0.267. The largest absolute Gasteiger partial charge is 0.348 e. The number of amides is 2. The number of hydrogen-bond acceptors (Lipinski definition) is 4. The smallest absolute Gasteiger partial charge is 0.265 e. The Morgan fingerprint density at radius 1 is 1.07 bits per heavy atom. The lowest BCUT2D eigenvalue weighted by molar-refractivity contribution is 0.0949. The molecule has 0 bridgehead atoms. The van der Waals surface area contributed by atoms with Crippen LogP contribution in [0.1, 0.15) is 36.7 Å². The monoisotopic (exact) mass is 423 g/mol. The van der Waals surface area contributed by atoms with Gasteiger partial charge in [0.15, 0.2) is 0 Å². The van der Waals surface area contributed by atoms with Crippen molar-refractivity contribution in [2.24, 2.45) is 0 Å². The quantitative estimate of drug-likeness (QED) is 0.588. The van der Waals surface area contributed by atoms with E-state index in [4.69, 9.17) is 16.9 Å². The van der Waals surface area contributed by atoms with Crippen molar-refractivity contribution in [1.82, 2.24) is 5.32 Å². The first kappa shape index (κ1) is 20.6. The molecule has 7 heteroatoms. The van der Waals surface area contributed by atoms with Crippen LogP contribution >= 0.6 is 22.9 Å². The van der Waals surface area contributed by atoms with Crippen molar-refractivity contribution in [3.8, 4) is 6.07 Å². The van der Waals surface area contributed by atoms with Crippen molar-refractivity contribution in [1.29, 1.82) is 5.26 Å². The van der Waals surface area contributed by atoms with Gasteiger partial charge in [0, 0.05) is 17.8 Å². The number of halogens is 1. The molecule has 146 valence electrons. The molecule has 1 aromatic heterocycles. The number of carbonyl (C=O) groups excluding carboxylic acids is 2. The van der Waals surface area contributed by atoms with Crippen LogP contribution in [0.25, 0.3) is 0 Å². The predicted molar refractivity (Wildman–Crippen MR) is 115 cm³/mol. The lowest BCUT2D eigenvalue weighted by Crippen LogP contribution is -2.24. The SMILES string of the molecule is Cc1c(NC(=O)c2ccc(Cl)s2)cccc1C(=O)NCc1cccc(CC#N)c1. The van der Waals surface area contributed by atoms with Gasteiger partial charge in [-0.1, -0.05) is 41.9 Å². The molecule has 0 atom stereocenters. The molecule has 0 unspecified atom stereocenters. The summed E-state index contributed by atoms with van der Waals surface area (Å²) in [5.74, 6) is -0.500. The van der Waals surface area contributed by atoms with Gasteiger partial charge in [-0.2, -0.15) is 5.26 Å². The van der Waals surface area contributed by atoms with Crippen LogP contribution in [0.3, 0.4) is 0 Å². The van der Waals surface area contributed by atoms with Crippen LogP contribution in [0.5, 0.6) is 0 Å². The summed E-state index contributed by atoms with van der Waals surface area (Å²) in [5, 5.41) is 14.5. The average Bonchev–Trinajstić information content (AvgIpc) is 3.15. The fourth-order valence-electron chi connectivity index (χ4n) is 2.86. The van der Waals surface area contributed by atoms with E-state index in [1.807, 2.05) is 24.3 Å². The summed E-state index contributed by atoms with van der Waals surface area (Å²) in [6, 6.07) is 18.2. The number of nitrogens with zero attached hydrogens (tertiary/aromatic N) is 1. The van der Waals surface area contributed by atoms with Crippen molar-refractivity contribution in [3.63, 3.8) is 0 Å². The molecule has 3 aromatic rings. The molecule has 5 nitrogen and oxygen atoms in total. The van der Waals surface area contributed by atoms with Gasteiger partial charge in [-0.25, -0.2) is 0 Å². The molecule has 3 rings (SSSR count). The van der Waals surface area contributed by atoms with Crippen LogP contribution in [-0.2, 0) is 13.0 Å². The summed E-state index contributed by atoms with van der Waals surface area (Å²) in [5.41, 5.74) is 3.57. The zero-order chi connectivity index (χ0) is 20.8. The van der Waals surface area contributed by atoms with Gasteiger partial charge >= 0.3 is 0 Å². The lowest BCUT2D eigenvalue weighted by Gasteiger charge is -2.13. The van der Waals surface area contributed by atoms with Crippen molar-refractivity contribution >= 4 is 40.4 Å². The third-order valence-corrected chi connectivity index (χ3v) is 5.58. The summed E-state index contributed by atoms with van der Waals surface area (Å²) >= 11 is 7.08. The summed E-state index contributed by atoms with van der Waals surface area (Å²) in [7, 11) is 0. The van der Waals surface area contributed by atoms with Crippen molar-refractivity contribution in [2.45, 2.75) is 19.9 Å². The van der Waals surface area contributed by atoms with Crippen LogP contribution in [0.2, 0.25) is 4.34 Å². The van der Waals surface area contributed by atoms with Gasteiger partial charge in [0.05, 0.1) is 21.7 Å². The Morgan fingerprint density at radius 2 is 1.83 bits per heavy atom. The first-order valence-corrected chi connectivity index (χ1v) is 10.1. The van der Waals surface area contributed by atoms with Crippen LogP contribution < -0.4 is 10.6 Å². The van der Waals surface area contributed by atoms with Crippen LogP contribution in [0.4, 0.5) is 5.69 Å². The number of carbonyl (C=O) groups is 2. The number of nitrogens with one attached hydrogen (secondary N) is 2. The van der Waals surface area contributed by atoms with Crippen molar-refractivity contribution in [3.05, 3.63) is 86.1 Å². The molecule has 0 saturated heterocycles. The summed E-state index contributed by atoms with van der Waals surface area (Å²) in [6.07, 6.45) is 0.331. The van der Waals surface area contributed by atoms with Gasteiger partial charge in [0.2, 0.25) is 0 Å². The molecule has 0 aliphatic heterocycles. The van der Waals surface area contributed by atoms with Crippen LogP contribution in [0, 0.1) is 18.3 Å². The minimum absolute atomic E-state index is 0.233. The van der Waals surface area contributed by atoms with E-state index >= 15 is 0 Å². The Kier molecular flexibility index (Phi) is 6.65. The Morgan fingerprint density at radius 3 is 2.55 bits per heavy atom. The highest BCUT2D eigenvalue weighted by Crippen LogP contribution is 2.24. The minimum Gasteiger partial charge on any atom is -0.348 e. The molecular weight excluding hydrogens is 406 g/mol. The summed E-state index contributed by atoms with van der Waals surface area (Å²) < 4.78 is 0.541. The van der Waals surface area contributed by atoms with Gasteiger partial charge < -0.3 is 10.6 Å². The van der Waals surface area contributed by atoms with Crippen molar-refractivity contribution in [2.75, 3.05) is 5.32 Å². The van der Waals surface area contributed by atoms with E-state index in [9.17, 15) is 9.59 Å². The Balaban J connectivity index is 1.70. The third-order valence-electron chi connectivity index (χ3n) is 4.35. The van der Waals surface area contributed by atoms with Gasteiger partial charge in [0.25, 0.3) is 11.8 Å². The van der Waals surface area contributed by atoms with Gasteiger partial charge in [0.1, 0.15) is 0 Å². The topological polar surface area (TPSA) is 82.0 Å². The normalized spacial score (nSPS) is 10.2. The van der Waals surface area contributed by atoms with Crippen LogP contribution in [-0.4, -0.2) is 11.8 Å². The Hall–Kier alpha value is -3.14. The summed E-state index contributed by atoms with van der Waals surface area (Å²) in [6.45, 7) is 2.14. The standard InChI is InChI=1S/C22H18ClN3O2S/c1-14-17(21(27)25-13-16-5-2-4-15(12-16)10-11-24)6-3-7-18(14)26-22(28)19-8-9-20(23)29-19/h2-9,12H,10,13H2,1H3,(H,25,27)(H,26,28). The first-order chi connectivity index (χ1) is 14.0. The van der Waals surface area contributed by atoms with Gasteiger partial charge in [-0.05, 0) is 47.9 Å². The van der Waals surface area contributed by atoms with Gasteiger partial charge in [-0.3, -0.25) is 9.59 Å². The second-order valence-electron chi connectivity index (χ2n) is 6.37. The van der Waals surface area contributed by atoms with E-state index in [0.29, 0.717) is 39.0 Å². The van der Waals surface area contributed by atoms with Gasteiger partial charge in [-0.15, -0.1) is 11.3 Å². The molecule has 1 heterocycles. The van der Waals surface area contributed by atoms with E-state index in [1.54, 1.807) is 37.3 Å². The Labute approximate surface area is 177 Å². The zero-order valence-electron chi connectivity index (χ0n) is 15.7. The molecule has 2 N–H and O–H groups in total. The fourth-order valence-corrected chi connectivity index (χ4v) is 3.79. The molecule has 29 heavy (non-hydrogen) atoms. The number of nitriles is 1. The zero-order valence-corrected chi connectivity index (χ0v) is 17.2. The van der Waals surface area contributed by atoms with E-state index in [2.05, 4.69) is 16.7 Å². The lowest BCUT2D eigenvalue weighted by atomic mass is 10.1. The number of benzene rings is 2. The molecule has 0 spiro atoms. The number of rotatable bonds is 6. The number of hydrogen-bond donors (Lipinski definition) is 2. The maximum atomic E-state index is 12.7. The first-order valence-electron chi connectivity index (χ1n) is 8.87. The molecule has 0 saturated carbocycles. The fraction of sp³-hybridized carbons (Fsp3) is 0.136. The number of thiophene rings is 1. The highest BCUT2D eigenvalue weighted by Gasteiger charge is 2.15. The summed E-state index contributed by atoms with van der Waals surface area (Å²) in [4.78, 5) is 25.5. The third kappa shape index (κ3) is 5.23. The van der Waals surface area contributed by atoms with E-state index in [-0.39, 0.29) is 11.8 Å². The van der Waals surface area contributed by atoms with E-state index in [1.165, 1.54) is 11.3 Å². The molecular formula is C22H18ClN3O2S. The van der Waals surface area contributed by atoms with E-state index < -0.39 is 0 Å². The molecule has 0 radical (unpaired) electrons. The highest BCUT2D eigenvalue weighted by molar-refractivity contribution is 7.18. The predicted octanol–water partition coefficient (Wildman–Crippen LogP) is 4.96. The molecule has 0 fully saturated rings. The second kappa shape index (κ2) is 9.37. The maximum Gasteiger partial charge on any atom is 0.265 e. The maximum absolute atomic E-state index is 12.7. The Bertz CT molecular complexity index is 1100. The van der Waals surface area contributed by atoms with Crippen LogP contribution in [0.15, 0.2) is 54.6 Å². The highest BCUT2D eigenvalue weighted by atomic mass is 35.5. The molecule has 2 aromatic carbocycles. The second-order valence-corrected chi connectivity index (χ2v) is 8.09. The average molecular weight is 424 g/mol. The van der Waals surface area contributed by atoms with Crippen molar-refractivity contribution < 1.29 is 9.59 Å².